The number of aryl methyl sites for hydroxylation is 1. The minimum Gasteiger partial charge on any atom is -0.543 e. The van der Waals surface area contributed by atoms with Crippen molar-refractivity contribution in [2.45, 2.75) is 19.6 Å². The Morgan fingerprint density at radius 1 is 1.21 bits per heavy atom. The highest BCUT2D eigenvalue weighted by Gasteiger charge is 2.17. The van der Waals surface area contributed by atoms with E-state index in [0.29, 0.717) is 0 Å². The molecule has 4 nitrogen and oxygen atoms in total. The topological polar surface area (TPSA) is 39.4 Å². The van der Waals surface area contributed by atoms with Gasteiger partial charge in [0, 0.05) is 13.2 Å². The molecule has 100 valence electrons. The van der Waals surface area contributed by atoms with Crippen molar-refractivity contribution in [2.75, 3.05) is 0 Å². The minimum atomic E-state index is -1.63. The highest BCUT2D eigenvalue weighted by molar-refractivity contribution is 6.70. The number of para-hydroxylation sites is 2. The van der Waals surface area contributed by atoms with E-state index in [0.717, 1.165) is 17.1 Å². The fourth-order valence-electron chi connectivity index (χ4n) is 1.62. The zero-order valence-electron chi connectivity index (χ0n) is 11.8. The van der Waals surface area contributed by atoms with Crippen LogP contribution in [0, 0.1) is 0 Å². The van der Waals surface area contributed by atoms with Crippen molar-refractivity contribution in [3.05, 3.63) is 42.2 Å². The zero-order chi connectivity index (χ0) is 13.9. The molecule has 0 radical (unpaired) electrons. The molecule has 5 heteroatoms. The molecule has 0 saturated carbocycles. The second kappa shape index (κ2) is 5.40. The molecular weight excluding hydrogens is 254 g/mol. The fourth-order valence-corrected chi connectivity index (χ4v) is 2.45. The van der Waals surface area contributed by atoms with Gasteiger partial charge in [-0.1, -0.05) is 12.1 Å². The van der Waals surface area contributed by atoms with Crippen molar-refractivity contribution < 1.29 is 4.43 Å². The van der Waals surface area contributed by atoms with Crippen molar-refractivity contribution in [2.24, 2.45) is 12.0 Å². The molecule has 0 unspecified atom stereocenters. The third-order valence-corrected chi connectivity index (χ3v) is 3.18. The van der Waals surface area contributed by atoms with Crippen LogP contribution in [0.5, 0.6) is 5.75 Å². The van der Waals surface area contributed by atoms with Gasteiger partial charge in [0.2, 0.25) is 8.32 Å². The van der Waals surface area contributed by atoms with Gasteiger partial charge in [0.05, 0.1) is 6.21 Å². The Balaban J connectivity index is 2.22. The van der Waals surface area contributed by atoms with Gasteiger partial charge in [0.25, 0.3) is 0 Å². The second-order valence-electron chi connectivity index (χ2n) is 5.35. The number of hydrogen-bond acceptors (Lipinski definition) is 3. The molecule has 1 aromatic heterocycles. The first-order chi connectivity index (χ1) is 8.94. The predicted molar refractivity (Wildman–Crippen MR) is 80.9 cm³/mol. The van der Waals surface area contributed by atoms with Gasteiger partial charge >= 0.3 is 0 Å². The maximum Gasteiger partial charge on any atom is 0.242 e. The van der Waals surface area contributed by atoms with Crippen molar-refractivity contribution in [3.63, 3.8) is 0 Å². The van der Waals surface area contributed by atoms with Crippen molar-refractivity contribution in [1.82, 2.24) is 9.78 Å². The summed E-state index contributed by atoms with van der Waals surface area (Å²) >= 11 is 0. The van der Waals surface area contributed by atoms with Crippen LogP contribution in [0.1, 0.15) is 5.69 Å². The van der Waals surface area contributed by atoms with E-state index >= 15 is 0 Å². The van der Waals surface area contributed by atoms with E-state index in [1.807, 2.05) is 43.6 Å². The molecule has 0 saturated heterocycles. The molecule has 0 amide bonds. The molecule has 0 spiro atoms. The Hall–Kier alpha value is -1.88. The summed E-state index contributed by atoms with van der Waals surface area (Å²) in [7, 11) is 0.261. The van der Waals surface area contributed by atoms with E-state index in [-0.39, 0.29) is 0 Å². The van der Waals surface area contributed by atoms with Crippen LogP contribution in [0.2, 0.25) is 19.6 Å². The molecule has 0 aliphatic carbocycles. The summed E-state index contributed by atoms with van der Waals surface area (Å²) in [6, 6.07) is 9.77. The number of rotatable bonds is 4. The number of nitrogens with zero attached hydrogens (tertiary/aromatic N) is 3. The molecular formula is C14H19N3OSi. The lowest BCUT2D eigenvalue weighted by Crippen LogP contribution is -2.29. The molecule has 0 aliphatic rings. The Kier molecular flexibility index (Phi) is 3.85. The molecule has 2 rings (SSSR count). The Morgan fingerprint density at radius 3 is 2.58 bits per heavy atom. The lowest BCUT2D eigenvalue weighted by Gasteiger charge is -2.20. The van der Waals surface area contributed by atoms with Crippen LogP contribution in [0.3, 0.4) is 0 Å². The van der Waals surface area contributed by atoms with Crippen LogP contribution in [0.4, 0.5) is 5.69 Å². The van der Waals surface area contributed by atoms with Gasteiger partial charge in [-0.15, -0.1) is 0 Å². The van der Waals surface area contributed by atoms with Gasteiger partial charge in [0.1, 0.15) is 17.1 Å². The van der Waals surface area contributed by atoms with Crippen LogP contribution < -0.4 is 4.43 Å². The van der Waals surface area contributed by atoms with Crippen molar-refractivity contribution in [3.8, 4) is 5.75 Å². The third kappa shape index (κ3) is 4.06. The van der Waals surface area contributed by atoms with Gasteiger partial charge in [-0.3, -0.25) is 9.67 Å². The number of aliphatic imine (C=N–C) groups is 1. The maximum atomic E-state index is 6.03. The summed E-state index contributed by atoms with van der Waals surface area (Å²) in [5.74, 6) is 0.842. The van der Waals surface area contributed by atoms with E-state index in [1.54, 1.807) is 10.9 Å². The predicted octanol–water partition coefficient (Wildman–Crippen LogP) is 3.38. The first-order valence-electron chi connectivity index (χ1n) is 6.26. The van der Waals surface area contributed by atoms with E-state index in [2.05, 4.69) is 29.7 Å². The average Bonchev–Trinajstić information content (AvgIpc) is 2.72. The summed E-state index contributed by atoms with van der Waals surface area (Å²) in [5, 5.41) is 4.27. The lowest BCUT2D eigenvalue weighted by atomic mass is 10.3. The molecule has 0 aliphatic heterocycles. The van der Waals surface area contributed by atoms with Crippen LogP contribution in [-0.2, 0) is 7.05 Å². The van der Waals surface area contributed by atoms with E-state index in [9.17, 15) is 0 Å². The van der Waals surface area contributed by atoms with Gasteiger partial charge in [-0.05, 0) is 37.8 Å². The monoisotopic (exact) mass is 273 g/mol. The summed E-state index contributed by atoms with van der Waals surface area (Å²) in [4.78, 5) is 4.47. The SMILES string of the molecule is Cn1ccc(C=Nc2ccccc2O[Si](C)(C)C)n1. The van der Waals surface area contributed by atoms with Gasteiger partial charge < -0.3 is 4.43 Å². The largest absolute Gasteiger partial charge is 0.543 e. The van der Waals surface area contributed by atoms with Crippen molar-refractivity contribution >= 4 is 20.2 Å². The van der Waals surface area contributed by atoms with Crippen LogP contribution in [0.25, 0.3) is 0 Å². The molecule has 19 heavy (non-hydrogen) atoms. The maximum absolute atomic E-state index is 6.03. The summed E-state index contributed by atoms with van der Waals surface area (Å²) < 4.78 is 7.78. The molecule has 1 aromatic carbocycles. The van der Waals surface area contributed by atoms with Gasteiger partial charge in [-0.25, -0.2) is 0 Å². The molecule has 1 heterocycles. The average molecular weight is 273 g/mol. The first-order valence-corrected chi connectivity index (χ1v) is 9.67. The van der Waals surface area contributed by atoms with E-state index in [4.69, 9.17) is 4.43 Å². The first kappa shape index (κ1) is 13.5. The summed E-state index contributed by atoms with van der Waals surface area (Å²) in [6.07, 6.45) is 3.65. The Labute approximate surface area is 114 Å². The lowest BCUT2D eigenvalue weighted by molar-refractivity contribution is 0.559. The van der Waals surface area contributed by atoms with E-state index in [1.165, 1.54) is 0 Å². The zero-order valence-corrected chi connectivity index (χ0v) is 12.8. The summed E-state index contributed by atoms with van der Waals surface area (Å²) in [5.41, 5.74) is 1.68. The fraction of sp³-hybridized carbons (Fsp3) is 0.286. The second-order valence-corrected chi connectivity index (χ2v) is 9.78. The molecule has 0 N–H and O–H groups in total. The smallest absolute Gasteiger partial charge is 0.242 e. The molecule has 2 aromatic rings. The van der Waals surface area contributed by atoms with Crippen LogP contribution >= 0.6 is 0 Å². The highest BCUT2D eigenvalue weighted by atomic mass is 28.4. The molecule has 0 bridgehead atoms. The quantitative estimate of drug-likeness (QED) is 0.633. The Bertz CT molecular complexity index is 584. The van der Waals surface area contributed by atoms with Crippen LogP contribution in [-0.4, -0.2) is 24.3 Å². The van der Waals surface area contributed by atoms with Crippen molar-refractivity contribution in [1.29, 1.82) is 0 Å². The number of benzene rings is 1. The Morgan fingerprint density at radius 2 is 1.95 bits per heavy atom. The number of aromatic nitrogens is 2. The normalized spacial score (nSPS) is 12.0. The van der Waals surface area contributed by atoms with Crippen LogP contribution in [0.15, 0.2) is 41.5 Å². The van der Waals surface area contributed by atoms with Gasteiger partial charge in [0.15, 0.2) is 0 Å². The van der Waals surface area contributed by atoms with Gasteiger partial charge in [-0.2, -0.15) is 5.10 Å². The van der Waals surface area contributed by atoms with E-state index < -0.39 is 8.32 Å². The minimum absolute atomic E-state index is 0.838. The third-order valence-electron chi connectivity index (χ3n) is 2.35. The molecule has 0 atom stereocenters. The standard InChI is InChI=1S/C14H19N3OSi/c1-17-10-9-12(16-17)11-15-13-7-5-6-8-14(13)18-19(2,3)4/h5-11H,1-4H3. The number of hydrogen-bond donors (Lipinski definition) is 0. The summed E-state index contributed by atoms with van der Waals surface area (Å²) in [6.45, 7) is 6.48. The highest BCUT2D eigenvalue weighted by Crippen LogP contribution is 2.29. The molecule has 0 fully saturated rings.